The van der Waals surface area contributed by atoms with Crippen LogP contribution < -0.4 is 16.0 Å². The Labute approximate surface area is 201 Å². The number of carbonyl (C=O) groups is 2. The molecule has 1 aliphatic heterocycles. The molecule has 0 aromatic carbocycles. The number of piperidine rings is 1. The average Bonchev–Trinajstić information content (AvgIpc) is 3.29. The van der Waals surface area contributed by atoms with E-state index in [4.69, 9.17) is 5.73 Å². The lowest BCUT2D eigenvalue weighted by atomic mass is 9.88. The molecule has 1 aliphatic carbocycles. The minimum Gasteiger partial charge on any atom is -0.365 e. The third-order valence-electron chi connectivity index (χ3n) is 7.11. The van der Waals surface area contributed by atoms with Gasteiger partial charge in [-0.1, -0.05) is 6.92 Å². The Morgan fingerprint density at radius 3 is 2.64 bits per heavy atom. The Morgan fingerprint density at radius 1 is 1.15 bits per heavy atom. The summed E-state index contributed by atoms with van der Waals surface area (Å²) < 4.78 is 0. The standard InChI is InChI=1S/C24H29N5O2S2/c1-12-4-5-16-17(10-12)33-24(19(16)20(25)30)28-22(31)15-6-8-29(9-7-15)21-18-13(2)14(3)32-23(18)27-11-26-21/h11-12,15H,4-10H2,1-3H3,(H2,25,30)(H,28,31). The molecule has 7 nitrogen and oxygen atoms in total. The zero-order chi connectivity index (χ0) is 23.3. The Hall–Kier alpha value is -2.52. The van der Waals surface area contributed by atoms with Crippen molar-refractivity contribution in [1.82, 2.24) is 9.97 Å². The summed E-state index contributed by atoms with van der Waals surface area (Å²) in [5, 5.41) is 4.83. The van der Waals surface area contributed by atoms with Gasteiger partial charge in [0.2, 0.25) is 5.91 Å². The van der Waals surface area contributed by atoms with Crippen molar-refractivity contribution in [2.24, 2.45) is 17.6 Å². The van der Waals surface area contributed by atoms with Crippen molar-refractivity contribution >= 4 is 55.5 Å². The average molecular weight is 484 g/mol. The number of hydrogen-bond acceptors (Lipinski definition) is 7. The Balaban J connectivity index is 1.30. The molecule has 1 unspecified atom stereocenters. The molecule has 0 radical (unpaired) electrons. The highest BCUT2D eigenvalue weighted by atomic mass is 32.1. The highest BCUT2D eigenvalue weighted by Crippen LogP contribution is 2.40. The molecule has 3 aromatic rings. The van der Waals surface area contributed by atoms with Gasteiger partial charge in [0.05, 0.1) is 10.9 Å². The number of aryl methyl sites for hydroxylation is 2. The molecule has 174 valence electrons. The van der Waals surface area contributed by atoms with E-state index in [9.17, 15) is 9.59 Å². The van der Waals surface area contributed by atoms with Crippen molar-refractivity contribution in [1.29, 1.82) is 0 Å². The smallest absolute Gasteiger partial charge is 0.251 e. The maximum Gasteiger partial charge on any atom is 0.251 e. The van der Waals surface area contributed by atoms with Crippen LogP contribution in [0.15, 0.2) is 6.33 Å². The summed E-state index contributed by atoms with van der Waals surface area (Å²) in [7, 11) is 0. The maximum absolute atomic E-state index is 13.1. The summed E-state index contributed by atoms with van der Waals surface area (Å²) >= 11 is 3.23. The molecule has 3 N–H and O–H groups in total. The van der Waals surface area contributed by atoms with Gasteiger partial charge in [0.25, 0.3) is 5.91 Å². The number of carbonyl (C=O) groups excluding carboxylic acids is 2. The van der Waals surface area contributed by atoms with Crippen LogP contribution in [0.3, 0.4) is 0 Å². The van der Waals surface area contributed by atoms with Gasteiger partial charge in [0.15, 0.2) is 0 Å². The molecule has 2 amide bonds. The fourth-order valence-electron chi connectivity index (χ4n) is 5.07. The van der Waals surface area contributed by atoms with Crippen LogP contribution in [0.4, 0.5) is 10.8 Å². The predicted octanol–water partition coefficient (Wildman–Crippen LogP) is 4.45. The van der Waals surface area contributed by atoms with Gasteiger partial charge in [0, 0.05) is 28.8 Å². The number of primary amides is 1. The van der Waals surface area contributed by atoms with E-state index in [2.05, 4.69) is 41.0 Å². The first kappa shape index (κ1) is 22.3. The van der Waals surface area contributed by atoms with Gasteiger partial charge in [-0.15, -0.1) is 22.7 Å². The van der Waals surface area contributed by atoms with Gasteiger partial charge < -0.3 is 16.0 Å². The number of amides is 2. The summed E-state index contributed by atoms with van der Waals surface area (Å²) in [4.78, 5) is 40.1. The molecule has 33 heavy (non-hydrogen) atoms. The lowest BCUT2D eigenvalue weighted by Crippen LogP contribution is -2.38. The molecule has 1 atom stereocenters. The van der Waals surface area contributed by atoms with Crippen LogP contribution in [0, 0.1) is 25.7 Å². The molecule has 5 rings (SSSR count). The van der Waals surface area contributed by atoms with Crippen molar-refractivity contribution in [3.63, 3.8) is 0 Å². The third kappa shape index (κ3) is 4.01. The maximum atomic E-state index is 13.1. The molecular formula is C24H29N5O2S2. The number of nitrogens with zero attached hydrogens (tertiary/aromatic N) is 3. The summed E-state index contributed by atoms with van der Waals surface area (Å²) in [6, 6.07) is 0. The second-order valence-corrected chi connectivity index (χ2v) is 11.6. The molecule has 3 aromatic heterocycles. The number of fused-ring (bicyclic) bond motifs is 2. The lowest BCUT2D eigenvalue weighted by molar-refractivity contribution is -0.120. The zero-order valence-corrected chi connectivity index (χ0v) is 20.9. The van der Waals surface area contributed by atoms with Crippen LogP contribution in [0.25, 0.3) is 10.2 Å². The Kier molecular flexibility index (Phi) is 5.86. The summed E-state index contributed by atoms with van der Waals surface area (Å²) in [6.45, 7) is 7.99. The first-order valence-corrected chi connectivity index (χ1v) is 13.2. The van der Waals surface area contributed by atoms with Gasteiger partial charge >= 0.3 is 0 Å². The monoisotopic (exact) mass is 483 g/mol. The predicted molar refractivity (Wildman–Crippen MR) is 134 cm³/mol. The number of nitrogens with two attached hydrogens (primary N) is 1. The van der Waals surface area contributed by atoms with Gasteiger partial charge in [0.1, 0.15) is 22.0 Å². The van der Waals surface area contributed by atoms with Crippen LogP contribution in [0.2, 0.25) is 0 Å². The number of anilines is 2. The summed E-state index contributed by atoms with van der Waals surface area (Å²) in [6.07, 6.45) is 5.98. The largest absolute Gasteiger partial charge is 0.365 e. The third-order valence-corrected chi connectivity index (χ3v) is 9.39. The molecule has 4 heterocycles. The topological polar surface area (TPSA) is 101 Å². The van der Waals surface area contributed by atoms with Crippen LogP contribution in [0.1, 0.15) is 57.4 Å². The summed E-state index contributed by atoms with van der Waals surface area (Å²) in [5.74, 6) is 1.01. The fraction of sp³-hybridized carbons (Fsp3) is 0.500. The van der Waals surface area contributed by atoms with Crippen molar-refractivity contribution < 1.29 is 9.59 Å². The van der Waals surface area contributed by atoms with Gasteiger partial charge in [-0.2, -0.15) is 0 Å². The van der Waals surface area contributed by atoms with E-state index in [0.717, 1.165) is 66.8 Å². The fourth-order valence-corrected chi connectivity index (χ4v) is 7.48. The number of hydrogen-bond donors (Lipinski definition) is 2. The lowest BCUT2D eigenvalue weighted by Gasteiger charge is -2.32. The van der Waals surface area contributed by atoms with Gasteiger partial charge in [-0.05, 0) is 63.0 Å². The van der Waals surface area contributed by atoms with E-state index in [-0.39, 0.29) is 11.8 Å². The van der Waals surface area contributed by atoms with E-state index >= 15 is 0 Å². The Bertz CT molecular complexity index is 1240. The SMILES string of the molecule is Cc1sc2ncnc(N3CCC(C(=O)Nc4sc5c(c4C(N)=O)CCC(C)C5)CC3)c2c1C. The van der Waals surface area contributed by atoms with Gasteiger partial charge in [-0.25, -0.2) is 9.97 Å². The normalized spacial score (nSPS) is 19.0. The van der Waals surface area contributed by atoms with E-state index in [0.29, 0.717) is 16.5 Å². The van der Waals surface area contributed by atoms with Crippen LogP contribution in [-0.4, -0.2) is 34.9 Å². The molecule has 0 spiro atoms. The number of nitrogens with one attached hydrogen (secondary N) is 1. The van der Waals surface area contributed by atoms with Gasteiger partial charge in [-0.3, -0.25) is 9.59 Å². The Morgan fingerprint density at radius 2 is 1.91 bits per heavy atom. The number of rotatable bonds is 4. The molecule has 1 fully saturated rings. The number of aromatic nitrogens is 2. The first-order chi connectivity index (χ1) is 15.8. The molecule has 0 saturated carbocycles. The van der Waals surface area contributed by atoms with Crippen LogP contribution in [0.5, 0.6) is 0 Å². The molecule has 0 bridgehead atoms. The highest BCUT2D eigenvalue weighted by molar-refractivity contribution is 7.18. The van der Waals surface area contributed by atoms with E-state index in [1.54, 1.807) is 17.7 Å². The highest BCUT2D eigenvalue weighted by Gasteiger charge is 2.31. The van der Waals surface area contributed by atoms with Crippen LogP contribution in [-0.2, 0) is 17.6 Å². The van der Waals surface area contributed by atoms with E-state index < -0.39 is 5.91 Å². The van der Waals surface area contributed by atoms with Crippen molar-refractivity contribution in [3.8, 4) is 0 Å². The minimum absolute atomic E-state index is 0.0146. The number of thiophene rings is 2. The summed E-state index contributed by atoms with van der Waals surface area (Å²) in [5.41, 5.74) is 8.52. The molecule has 9 heteroatoms. The second-order valence-electron chi connectivity index (χ2n) is 9.33. The second kappa shape index (κ2) is 8.68. The van der Waals surface area contributed by atoms with Crippen molar-refractivity contribution in [3.05, 3.63) is 32.8 Å². The quantitative estimate of drug-likeness (QED) is 0.571. The van der Waals surface area contributed by atoms with E-state index in [1.807, 2.05) is 0 Å². The molecular weight excluding hydrogens is 454 g/mol. The first-order valence-electron chi connectivity index (χ1n) is 11.5. The van der Waals surface area contributed by atoms with Crippen LogP contribution >= 0.6 is 22.7 Å². The van der Waals surface area contributed by atoms with Crippen molar-refractivity contribution in [2.45, 2.75) is 52.9 Å². The molecule has 1 saturated heterocycles. The zero-order valence-electron chi connectivity index (χ0n) is 19.2. The minimum atomic E-state index is -0.443. The van der Waals surface area contributed by atoms with E-state index in [1.165, 1.54) is 26.7 Å². The van der Waals surface area contributed by atoms with Crippen molar-refractivity contribution in [2.75, 3.05) is 23.3 Å². The molecule has 2 aliphatic rings.